The van der Waals surface area contributed by atoms with E-state index in [1.165, 1.54) is 0 Å². The van der Waals surface area contributed by atoms with Crippen LogP contribution in [0.2, 0.25) is 0 Å². The van der Waals surface area contributed by atoms with E-state index in [2.05, 4.69) is 35.9 Å². The molecule has 0 saturated carbocycles. The molecule has 0 aliphatic rings. The highest BCUT2D eigenvalue weighted by Crippen LogP contribution is 2.30. The predicted octanol–water partition coefficient (Wildman–Crippen LogP) is 5.63. The second-order valence-corrected chi connectivity index (χ2v) is 7.60. The second-order valence-electron chi connectivity index (χ2n) is 7.60. The van der Waals surface area contributed by atoms with Crippen molar-refractivity contribution >= 4 is 5.91 Å². The summed E-state index contributed by atoms with van der Waals surface area (Å²) >= 11 is 0. The van der Waals surface area contributed by atoms with E-state index >= 15 is 0 Å². The number of nitrogens with one attached hydrogen (secondary N) is 1. The molecular formula is C25H30N2O2. The Kier molecular flexibility index (Phi) is 6.76. The molecule has 0 saturated heterocycles. The number of hydrogen-bond donors (Lipinski definition) is 1. The van der Waals surface area contributed by atoms with Crippen LogP contribution < -0.4 is 10.1 Å². The number of aromatic nitrogens is 1. The van der Waals surface area contributed by atoms with E-state index in [4.69, 9.17) is 4.74 Å². The molecule has 3 aromatic rings. The van der Waals surface area contributed by atoms with Crippen LogP contribution in [-0.4, -0.2) is 23.6 Å². The van der Waals surface area contributed by atoms with Crippen LogP contribution in [0.5, 0.6) is 5.75 Å². The van der Waals surface area contributed by atoms with Gasteiger partial charge in [0.2, 0.25) is 0 Å². The quantitative estimate of drug-likeness (QED) is 0.542. The zero-order chi connectivity index (χ0) is 20.8. The first kappa shape index (κ1) is 20.7. The zero-order valence-corrected chi connectivity index (χ0v) is 17.7. The fraction of sp³-hybridized carbons (Fsp3) is 0.320. The number of nitrogens with zero attached hydrogens (tertiary/aromatic N) is 1. The van der Waals surface area contributed by atoms with E-state index in [-0.39, 0.29) is 5.91 Å². The van der Waals surface area contributed by atoms with Crippen molar-refractivity contribution in [3.8, 4) is 22.7 Å². The number of carbonyl (C=O) groups excluding carboxylic acids is 1. The number of benzene rings is 2. The first-order valence-corrected chi connectivity index (χ1v) is 10.3. The summed E-state index contributed by atoms with van der Waals surface area (Å²) in [7, 11) is 0. The Labute approximate surface area is 173 Å². The maximum Gasteiger partial charge on any atom is 0.253 e. The van der Waals surface area contributed by atoms with Crippen molar-refractivity contribution in [1.29, 1.82) is 0 Å². The number of ether oxygens (including phenoxy) is 1. The molecule has 0 aliphatic heterocycles. The summed E-state index contributed by atoms with van der Waals surface area (Å²) in [6.07, 6.45) is 0.968. The van der Waals surface area contributed by atoms with E-state index in [0.29, 0.717) is 24.6 Å². The molecule has 1 heterocycles. The van der Waals surface area contributed by atoms with Gasteiger partial charge in [-0.2, -0.15) is 0 Å². The Bertz CT molecular complexity index is 941. The monoisotopic (exact) mass is 390 g/mol. The van der Waals surface area contributed by atoms with Crippen LogP contribution in [0.3, 0.4) is 0 Å². The number of carbonyl (C=O) groups is 1. The van der Waals surface area contributed by atoms with Crippen LogP contribution in [0, 0.1) is 12.8 Å². The first-order chi connectivity index (χ1) is 14.0. The molecule has 2 aromatic carbocycles. The van der Waals surface area contributed by atoms with Crippen molar-refractivity contribution in [2.24, 2.45) is 5.92 Å². The fourth-order valence-corrected chi connectivity index (χ4v) is 3.42. The van der Waals surface area contributed by atoms with E-state index in [1.807, 2.05) is 62.4 Å². The fourth-order valence-electron chi connectivity index (χ4n) is 3.42. The van der Waals surface area contributed by atoms with Gasteiger partial charge >= 0.3 is 0 Å². The number of rotatable bonds is 8. The van der Waals surface area contributed by atoms with Gasteiger partial charge in [-0.15, -0.1) is 0 Å². The minimum absolute atomic E-state index is 0.0231. The third-order valence-corrected chi connectivity index (χ3v) is 4.97. The average Bonchev–Trinajstić information content (AvgIpc) is 3.06. The van der Waals surface area contributed by atoms with Crippen molar-refractivity contribution in [2.45, 2.75) is 34.1 Å². The van der Waals surface area contributed by atoms with Crippen molar-refractivity contribution in [3.05, 3.63) is 71.9 Å². The summed E-state index contributed by atoms with van der Waals surface area (Å²) in [5.74, 6) is 1.38. The molecule has 4 nitrogen and oxygen atoms in total. The molecule has 0 radical (unpaired) electrons. The van der Waals surface area contributed by atoms with Crippen LogP contribution in [0.15, 0.2) is 60.7 Å². The van der Waals surface area contributed by atoms with Gasteiger partial charge in [0, 0.05) is 17.9 Å². The number of amides is 1. The number of hydrogen-bond acceptors (Lipinski definition) is 2. The van der Waals surface area contributed by atoms with E-state index in [9.17, 15) is 4.79 Å². The van der Waals surface area contributed by atoms with Gasteiger partial charge in [-0.3, -0.25) is 4.79 Å². The van der Waals surface area contributed by atoms with Crippen molar-refractivity contribution < 1.29 is 9.53 Å². The molecule has 152 valence electrons. The van der Waals surface area contributed by atoms with Gasteiger partial charge in [-0.1, -0.05) is 44.2 Å². The third-order valence-electron chi connectivity index (χ3n) is 4.97. The van der Waals surface area contributed by atoms with Gasteiger partial charge in [0.1, 0.15) is 5.75 Å². The van der Waals surface area contributed by atoms with E-state index in [1.54, 1.807) is 0 Å². The maximum atomic E-state index is 12.9. The summed E-state index contributed by atoms with van der Waals surface area (Å²) in [4.78, 5) is 12.9. The van der Waals surface area contributed by atoms with Gasteiger partial charge in [-0.25, -0.2) is 0 Å². The lowest BCUT2D eigenvalue weighted by Crippen LogP contribution is -2.25. The minimum Gasteiger partial charge on any atom is -0.494 e. The second kappa shape index (κ2) is 9.46. The molecule has 4 heteroatoms. The topological polar surface area (TPSA) is 43.3 Å². The molecular weight excluding hydrogens is 360 g/mol. The van der Waals surface area contributed by atoms with Gasteiger partial charge in [0.25, 0.3) is 5.91 Å². The average molecular weight is 391 g/mol. The maximum absolute atomic E-state index is 12.9. The third kappa shape index (κ3) is 4.89. The molecule has 1 aromatic heterocycles. The van der Waals surface area contributed by atoms with Gasteiger partial charge in [-0.05, 0) is 62.1 Å². The van der Waals surface area contributed by atoms with Crippen molar-refractivity contribution in [1.82, 2.24) is 9.88 Å². The predicted molar refractivity (Wildman–Crippen MR) is 119 cm³/mol. The highest BCUT2D eigenvalue weighted by Gasteiger charge is 2.19. The molecule has 0 bridgehead atoms. The summed E-state index contributed by atoms with van der Waals surface area (Å²) in [5.41, 5.74) is 4.72. The minimum atomic E-state index is -0.0231. The first-order valence-electron chi connectivity index (χ1n) is 10.3. The summed E-state index contributed by atoms with van der Waals surface area (Å²) in [5, 5.41) is 3.07. The molecule has 3 rings (SSSR count). The summed E-state index contributed by atoms with van der Waals surface area (Å²) in [6, 6.07) is 20.2. The van der Waals surface area contributed by atoms with E-state index in [0.717, 1.165) is 34.8 Å². The van der Waals surface area contributed by atoms with E-state index < -0.39 is 0 Å². The Hall–Kier alpha value is -3.01. The molecule has 1 N–H and O–H groups in total. The molecule has 0 atom stereocenters. The SMILES string of the molecule is CCOc1ccc(-n2c(-c3ccccc3)cc(C(=O)NCCC(C)C)c2C)cc1. The van der Waals surface area contributed by atoms with Gasteiger partial charge in [0.15, 0.2) is 0 Å². The van der Waals surface area contributed by atoms with Gasteiger partial charge in [0.05, 0.1) is 17.9 Å². The normalized spacial score (nSPS) is 10.9. The van der Waals surface area contributed by atoms with Crippen LogP contribution in [-0.2, 0) is 0 Å². The summed E-state index contributed by atoms with van der Waals surface area (Å²) in [6.45, 7) is 9.62. The molecule has 0 spiro atoms. The standard InChI is InChI=1S/C25H30N2O2/c1-5-29-22-13-11-21(12-14-22)27-19(4)23(25(28)26-16-15-18(2)3)17-24(27)20-9-7-6-8-10-20/h6-14,17-18H,5,15-16H2,1-4H3,(H,26,28). The van der Waals surface area contributed by atoms with Crippen LogP contribution in [0.25, 0.3) is 16.9 Å². The highest BCUT2D eigenvalue weighted by atomic mass is 16.5. The van der Waals surface area contributed by atoms with Crippen molar-refractivity contribution in [3.63, 3.8) is 0 Å². The Morgan fingerprint density at radius 3 is 2.38 bits per heavy atom. The lowest BCUT2D eigenvalue weighted by molar-refractivity contribution is 0.0951. The van der Waals surface area contributed by atoms with Gasteiger partial charge < -0.3 is 14.6 Å². The summed E-state index contributed by atoms with van der Waals surface area (Å²) < 4.78 is 7.72. The molecule has 1 amide bonds. The van der Waals surface area contributed by atoms with Crippen molar-refractivity contribution in [2.75, 3.05) is 13.2 Å². The molecule has 0 fully saturated rings. The van der Waals surface area contributed by atoms with Crippen LogP contribution >= 0.6 is 0 Å². The molecule has 0 unspecified atom stereocenters. The Balaban J connectivity index is 2.01. The molecule has 29 heavy (non-hydrogen) atoms. The zero-order valence-electron chi connectivity index (χ0n) is 17.7. The lowest BCUT2D eigenvalue weighted by atomic mass is 10.1. The Morgan fingerprint density at radius 2 is 1.76 bits per heavy atom. The van der Waals surface area contributed by atoms with Crippen LogP contribution in [0.1, 0.15) is 43.2 Å². The Morgan fingerprint density at radius 1 is 1.07 bits per heavy atom. The van der Waals surface area contributed by atoms with Crippen LogP contribution in [0.4, 0.5) is 0 Å². The highest BCUT2D eigenvalue weighted by molar-refractivity contribution is 5.97. The lowest BCUT2D eigenvalue weighted by Gasteiger charge is -2.13. The smallest absolute Gasteiger partial charge is 0.253 e. The largest absolute Gasteiger partial charge is 0.494 e. The molecule has 0 aliphatic carbocycles.